The van der Waals surface area contributed by atoms with Crippen molar-refractivity contribution in [2.45, 2.75) is 42.7 Å². The molecule has 31 heavy (non-hydrogen) atoms. The first kappa shape index (κ1) is 21.7. The Morgan fingerprint density at radius 3 is 2.42 bits per heavy atom. The third-order valence-electron chi connectivity index (χ3n) is 5.83. The van der Waals surface area contributed by atoms with Gasteiger partial charge in [-0.25, -0.2) is 8.42 Å². The van der Waals surface area contributed by atoms with Crippen molar-refractivity contribution in [1.82, 2.24) is 4.31 Å². The van der Waals surface area contributed by atoms with Crippen LogP contribution in [0.1, 0.15) is 37.3 Å². The average molecular weight is 460 g/mol. The van der Waals surface area contributed by atoms with E-state index in [1.165, 1.54) is 35.7 Å². The van der Waals surface area contributed by atoms with Gasteiger partial charge in [0, 0.05) is 17.0 Å². The van der Waals surface area contributed by atoms with Gasteiger partial charge in [-0.05, 0) is 48.2 Å². The van der Waals surface area contributed by atoms with Crippen molar-refractivity contribution >= 4 is 33.4 Å². The summed E-state index contributed by atoms with van der Waals surface area (Å²) >= 11 is 5.96. The number of halogens is 1. The Balaban J connectivity index is 1.92. The van der Waals surface area contributed by atoms with Crippen molar-refractivity contribution in [2.75, 3.05) is 7.11 Å². The smallest absolute Gasteiger partial charge is 0.307 e. The van der Waals surface area contributed by atoms with Gasteiger partial charge in [-0.15, -0.1) is 0 Å². The zero-order valence-corrected chi connectivity index (χ0v) is 18.5. The standard InChI is InChI=1S/C23H22ClNO5S/c1-30-21(27)14-19-18-8-5-9-20(26)22(18)23(15-6-3-2-4-7-15)25(19)31(28,29)17-12-10-16(24)11-13-17/h2-4,6-7,10-13,19,23H,5,8-9,14H2,1H3/t19-,23+/m0/s1. The Morgan fingerprint density at radius 2 is 1.77 bits per heavy atom. The van der Waals surface area contributed by atoms with E-state index in [0.29, 0.717) is 41.0 Å². The Bertz CT molecular complexity index is 1140. The number of hydrogen-bond acceptors (Lipinski definition) is 5. The number of Topliss-reactive ketones (excluding diaryl/α,β-unsaturated/α-hetero) is 1. The van der Waals surface area contributed by atoms with Gasteiger partial charge in [0.2, 0.25) is 10.0 Å². The number of carbonyl (C=O) groups excluding carboxylic acids is 2. The van der Waals surface area contributed by atoms with Crippen LogP contribution in [0.4, 0.5) is 0 Å². The molecule has 1 aliphatic carbocycles. The molecule has 0 saturated carbocycles. The second kappa shape index (κ2) is 8.57. The molecule has 0 fully saturated rings. The van der Waals surface area contributed by atoms with E-state index in [0.717, 1.165) is 0 Å². The molecule has 2 atom stereocenters. The van der Waals surface area contributed by atoms with E-state index >= 15 is 0 Å². The molecular formula is C23H22ClNO5S. The third-order valence-corrected chi connectivity index (χ3v) is 7.97. The summed E-state index contributed by atoms with van der Waals surface area (Å²) in [5.41, 5.74) is 1.90. The number of ketones is 1. The lowest BCUT2D eigenvalue weighted by Crippen LogP contribution is -2.41. The second-order valence-corrected chi connectivity index (χ2v) is 9.89. The van der Waals surface area contributed by atoms with Gasteiger partial charge in [-0.3, -0.25) is 9.59 Å². The maximum Gasteiger partial charge on any atom is 0.307 e. The maximum absolute atomic E-state index is 13.9. The van der Waals surface area contributed by atoms with Crippen LogP contribution in [0, 0.1) is 0 Å². The van der Waals surface area contributed by atoms with Crippen LogP contribution in [-0.2, 0) is 24.3 Å². The monoisotopic (exact) mass is 459 g/mol. The summed E-state index contributed by atoms with van der Waals surface area (Å²) < 4.78 is 33.9. The third kappa shape index (κ3) is 3.93. The predicted molar refractivity (Wildman–Crippen MR) is 116 cm³/mol. The number of methoxy groups -OCH3 is 1. The molecule has 8 heteroatoms. The molecular weight excluding hydrogens is 438 g/mol. The lowest BCUT2D eigenvalue weighted by molar-refractivity contribution is -0.141. The minimum Gasteiger partial charge on any atom is -0.469 e. The molecule has 0 radical (unpaired) electrons. The molecule has 0 unspecified atom stereocenters. The van der Waals surface area contributed by atoms with E-state index in [-0.39, 0.29) is 17.1 Å². The average Bonchev–Trinajstić information content (AvgIpc) is 3.10. The Labute approximate surface area is 186 Å². The minimum absolute atomic E-state index is 0.0555. The van der Waals surface area contributed by atoms with Crippen LogP contribution in [0.25, 0.3) is 0 Å². The summed E-state index contributed by atoms with van der Waals surface area (Å²) in [4.78, 5) is 25.3. The van der Waals surface area contributed by atoms with E-state index in [4.69, 9.17) is 16.3 Å². The highest BCUT2D eigenvalue weighted by Gasteiger charge is 2.51. The molecule has 1 heterocycles. The second-order valence-electron chi connectivity index (χ2n) is 7.61. The molecule has 0 aromatic heterocycles. The number of nitrogens with zero attached hydrogens (tertiary/aromatic N) is 1. The molecule has 0 bridgehead atoms. The molecule has 2 aliphatic rings. The zero-order chi connectivity index (χ0) is 22.2. The van der Waals surface area contributed by atoms with Gasteiger partial charge in [-0.1, -0.05) is 41.9 Å². The fourth-order valence-electron chi connectivity index (χ4n) is 4.46. The molecule has 6 nitrogen and oxygen atoms in total. The summed E-state index contributed by atoms with van der Waals surface area (Å²) in [5, 5.41) is 0.415. The van der Waals surface area contributed by atoms with E-state index in [2.05, 4.69) is 0 Å². The van der Waals surface area contributed by atoms with Gasteiger partial charge in [0.15, 0.2) is 5.78 Å². The predicted octanol–water partition coefficient (Wildman–Crippen LogP) is 4.07. The first-order valence-corrected chi connectivity index (χ1v) is 11.8. The molecule has 1 aliphatic heterocycles. The largest absolute Gasteiger partial charge is 0.469 e. The van der Waals surface area contributed by atoms with Crippen molar-refractivity contribution in [3.8, 4) is 0 Å². The van der Waals surface area contributed by atoms with Gasteiger partial charge in [-0.2, -0.15) is 4.31 Å². The van der Waals surface area contributed by atoms with Crippen molar-refractivity contribution in [3.05, 3.63) is 76.3 Å². The van der Waals surface area contributed by atoms with Gasteiger partial charge in [0.05, 0.1) is 30.5 Å². The van der Waals surface area contributed by atoms with Gasteiger partial charge in [0.1, 0.15) is 0 Å². The molecule has 162 valence electrons. The molecule has 0 N–H and O–H groups in total. The number of hydrogen-bond donors (Lipinski definition) is 0. The topological polar surface area (TPSA) is 80.8 Å². The van der Waals surface area contributed by atoms with E-state index in [9.17, 15) is 18.0 Å². The first-order chi connectivity index (χ1) is 14.8. The first-order valence-electron chi connectivity index (χ1n) is 10.0. The minimum atomic E-state index is -4.06. The highest BCUT2D eigenvalue weighted by Crippen LogP contribution is 2.49. The molecule has 0 spiro atoms. The zero-order valence-electron chi connectivity index (χ0n) is 17.0. The summed E-state index contributed by atoms with van der Waals surface area (Å²) in [6, 6.07) is 13.4. The SMILES string of the molecule is COC(=O)C[C@H]1C2=C(C(=O)CCC2)[C@@H](c2ccccc2)N1S(=O)(=O)c1ccc(Cl)cc1. The maximum atomic E-state index is 13.9. The van der Waals surface area contributed by atoms with Crippen LogP contribution in [0.5, 0.6) is 0 Å². The van der Waals surface area contributed by atoms with Crippen LogP contribution in [0.2, 0.25) is 5.02 Å². The fourth-order valence-corrected chi connectivity index (χ4v) is 6.35. The van der Waals surface area contributed by atoms with Crippen LogP contribution in [0.15, 0.2) is 70.6 Å². The van der Waals surface area contributed by atoms with Crippen LogP contribution in [0.3, 0.4) is 0 Å². The van der Waals surface area contributed by atoms with Crippen molar-refractivity contribution in [1.29, 1.82) is 0 Å². The molecule has 4 rings (SSSR count). The number of rotatable bonds is 5. The molecule has 2 aromatic carbocycles. The van der Waals surface area contributed by atoms with Gasteiger partial charge < -0.3 is 4.74 Å². The number of ether oxygens (including phenoxy) is 1. The van der Waals surface area contributed by atoms with Gasteiger partial charge >= 0.3 is 5.97 Å². The Hall–Kier alpha value is -2.48. The summed E-state index contributed by atoms with van der Waals surface area (Å²) in [5.74, 6) is -0.598. The van der Waals surface area contributed by atoms with E-state index in [1.807, 2.05) is 30.3 Å². The van der Waals surface area contributed by atoms with Crippen molar-refractivity contribution in [3.63, 3.8) is 0 Å². The number of sulfonamides is 1. The lowest BCUT2D eigenvalue weighted by Gasteiger charge is -2.31. The number of carbonyl (C=O) groups is 2. The van der Waals surface area contributed by atoms with Gasteiger partial charge in [0.25, 0.3) is 0 Å². The molecule has 2 aromatic rings. The van der Waals surface area contributed by atoms with Crippen LogP contribution < -0.4 is 0 Å². The molecule has 0 saturated heterocycles. The van der Waals surface area contributed by atoms with E-state index < -0.39 is 28.1 Å². The lowest BCUT2D eigenvalue weighted by atomic mass is 9.85. The fraction of sp³-hybridized carbons (Fsp3) is 0.304. The normalized spacial score (nSPS) is 21.8. The molecule has 0 amide bonds. The van der Waals surface area contributed by atoms with Crippen molar-refractivity contribution in [2.24, 2.45) is 0 Å². The highest BCUT2D eigenvalue weighted by atomic mass is 35.5. The number of benzene rings is 2. The Kier molecular flexibility index (Phi) is 6.01. The quantitative estimate of drug-likeness (QED) is 0.629. The Morgan fingerprint density at radius 1 is 1.10 bits per heavy atom. The van der Waals surface area contributed by atoms with Crippen LogP contribution in [-0.4, -0.2) is 37.6 Å². The van der Waals surface area contributed by atoms with Crippen LogP contribution >= 0.6 is 11.6 Å². The summed E-state index contributed by atoms with van der Waals surface area (Å²) in [7, 11) is -2.80. The summed E-state index contributed by atoms with van der Waals surface area (Å²) in [6.07, 6.45) is 1.41. The highest BCUT2D eigenvalue weighted by molar-refractivity contribution is 7.89. The van der Waals surface area contributed by atoms with E-state index in [1.54, 1.807) is 0 Å². The van der Waals surface area contributed by atoms with Crippen molar-refractivity contribution < 1.29 is 22.7 Å². The summed E-state index contributed by atoms with van der Waals surface area (Å²) in [6.45, 7) is 0. The number of esters is 1.